The van der Waals surface area contributed by atoms with E-state index in [1.165, 1.54) is 6.92 Å². The predicted molar refractivity (Wildman–Crippen MR) is 34.4 cm³/mol. The van der Waals surface area contributed by atoms with Crippen LogP contribution >= 0.6 is 0 Å². The monoisotopic (exact) mass is 148 g/mol. The summed E-state index contributed by atoms with van der Waals surface area (Å²) in [5, 5.41) is 25.8. The van der Waals surface area contributed by atoms with E-state index in [1.54, 1.807) is 0 Å². The van der Waals surface area contributed by atoms with E-state index in [9.17, 15) is 4.79 Å². The first-order valence-electron chi connectivity index (χ1n) is 3.05. The largest absolute Gasteiger partial charge is 0.394 e. The number of aliphatic hydroxyl groups excluding tert-OH is 3. The van der Waals surface area contributed by atoms with Crippen LogP contribution in [0.4, 0.5) is 0 Å². The van der Waals surface area contributed by atoms with E-state index in [4.69, 9.17) is 15.3 Å². The Morgan fingerprint density at radius 1 is 1.50 bits per heavy atom. The number of carbonyl (C=O) groups excluding carboxylic acids is 1. The molecule has 0 bridgehead atoms. The van der Waals surface area contributed by atoms with Gasteiger partial charge in [-0.3, -0.25) is 4.79 Å². The second-order valence-corrected chi connectivity index (χ2v) is 2.20. The van der Waals surface area contributed by atoms with E-state index in [-0.39, 0.29) is 6.42 Å². The summed E-state index contributed by atoms with van der Waals surface area (Å²) in [7, 11) is 0. The molecular formula is C6H12O4. The van der Waals surface area contributed by atoms with Crippen LogP contribution in [0, 0.1) is 0 Å². The van der Waals surface area contributed by atoms with Gasteiger partial charge in [-0.2, -0.15) is 0 Å². The molecule has 0 fully saturated rings. The van der Waals surface area contributed by atoms with E-state index >= 15 is 0 Å². The Balaban J connectivity index is 3.56. The third kappa shape index (κ3) is 3.55. The number of carbonyl (C=O) groups is 1. The van der Waals surface area contributed by atoms with Crippen molar-refractivity contribution in [2.24, 2.45) is 0 Å². The van der Waals surface area contributed by atoms with Crippen LogP contribution in [0.3, 0.4) is 0 Å². The molecule has 0 aliphatic rings. The second kappa shape index (κ2) is 4.38. The zero-order valence-corrected chi connectivity index (χ0v) is 5.82. The van der Waals surface area contributed by atoms with Gasteiger partial charge in [-0.15, -0.1) is 0 Å². The van der Waals surface area contributed by atoms with Gasteiger partial charge in [-0.1, -0.05) is 0 Å². The minimum atomic E-state index is -1.15. The molecule has 0 saturated carbocycles. The molecule has 0 aromatic rings. The molecule has 0 spiro atoms. The van der Waals surface area contributed by atoms with Gasteiger partial charge in [0.1, 0.15) is 6.10 Å². The van der Waals surface area contributed by atoms with Crippen LogP contribution in [-0.4, -0.2) is 39.9 Å². The van der Waals surface area contributed by atoms with Crippen LogP contribution in [0.15, 0.2) is 0 Å². The van der Waals surface area contributed by atoms with Gasteiger partial charge in [0.25, 0.3) is 0 Å². The molecule has 0 aliphatic heterocycles. The zero-order valence-electron chi connectivity index (χ0n) is 5.82. The molecule has 0 aromatic carbocycles. The van der Waals surface area contributed by atoms with Crippen molar-refractivity contribution in [2.45, 2.75) is 25.6 Å². The van der Waals surface area contributed by atoms with Crippen LogP contribution in [0.1, 0.15) is 13.3 Å². The number of Topliss-reactive ketones (excluding diaryl/α,β-unsaturated/α-hetero) is 1. The highest BCUT2D eigenvalue weighted by molar-refractivity contribution is 5.80. The van der Waals surface area contributed by atoms with Crippen molar-refractivity contribution in [3.05, 3.63) is 0 Å². The Labute approximate surface area is 59.1 Å². The van der Waals surface area contributed by atoms with Crippen LogP contribution in [0.2, 0.25) is 0 Å². The van der Waals surface area contributed by atoms with Crippen molar-refractivity contribution >= 4 is 5.78 Å². The van der Waals surface area contributed by atoms with Crippen molar-refractivity contribution in [3.8, 4) is 0 Å². The molecule has 10 heavy (non-hydrogen) atoms. The first-order valence-corrected chi connectivity index (χ1v) is 3.05. The van der Waals surface area contributed by atoms with Crippen molar-refractivity contribution in [1.82, 2.24) is 0 Å². The summed E-state index contributed by atoms with van der Waals surface area (Å²) < 4.78 is 0. The summed E-state index contributed by atoms with van der Waals surface area (Å²) in [6, 6.07) is 0. The van der Waals surface area contributed by atoms with E-state index in [2.05, 4.69) is 0 Å². The fraction of sp³-hybridized carbons (Fsp3) is 0.833. The lowest BCUT2D eigenvalue weighted by molar-refractivity contribution is -0.126. The second-order valence-electron chi connectivity index (χ2n) is 2.20. The lowest BCUT2D eigenvalue weighted by Crippen LogP contribution is -2.25. The molecule has 0 aliphatic carbocycles. The van der Waals surface area contributed by atoms with E-state index in [1.807, 2.05) is 0 Å². The van der Waals surface area contributed by atoms with E-state index in [0.717, 1.165) is 0 Å². The van der Waals surface area contributed by atoms with Gasteiger partial charge in [-0.05, 0) is 6.92 Å². The molecule has 3 N–H and O–H groups in total. The van der Waals surface area contributed by atoms with Crippen molar-refractivity contribution in [3.63, 3.8) is 0 Å². The van der Waals surface area contributed by atoms with Gasteiger partial charge < -0.3 is 15.3 Å². The highest BCUT2D eigenvalue weighted by Crippen LogP contribution is 1.97. The van der Waals surface area contributed by atoms with Gasteiger partial charge in [0.2, 0.25) is 0 Å². The van der Waals surface area contributed by atoms with Gasteiger partial charge in [0, 0.05) is 6.42 Å². The lowest BCUT2D eigenvalue weighted by atomic mass is 10.1. The lowest BCUT2D eigenvalue weighted by Gasteiger charge is -2.09. The quantitative estimate of drug-likeness (QED) is 0.462. The van der Waals surface area contributed by atoms with Crippen LogP contribution in [-0.2, 0) is 4.79 Å². The molecule has 60 valence electrons. The summed E-state index contributed by atoms with van der Waals surface area (Å²) in [5.41, 5.74) is 0. The average Bonchev–Trinajstić information content (AvgIpc) is 1.87. The number of ketones is 1. The first kappa shape index (κ1) is 9.55. The molecule has 0 radical (unpaired) electrons. The minimum Gasteiger partial charge on any atom is -0.394 e. The Morgan fingerprint density at radius 2 is 2.00 bits per heavy atom. The maximum absolute atomic E-state index is 10.4. The summed E-state index contributed by atoms with van der Waals surface area (Å²) in [4.78, 5) is 10.4. The molecule has 0 amide bonds. The third-order valence-electron chi connectivity index (χ3n) is 1.18. The molecular weight excluding hydrogens is 136 g/mol. The summed E-state index contributed by atoms with van der Waals surface area (Å²) >= 11 is 0. The summed E-state index contributed by atoms with van der Waals surface area (Å²) in [6.07, 6.45) is -2.24. The topological polar surface area (TPSA) is 77.8 Å². The van der Waals surface area contributed by atoms with Gasteiger partial charge in [0.15, 0.2) is 5.78 Å². The Bertz CT molecular complexity index is 112. The molecule has 0 saturated heterocycles. The zero-order chi connectivity index (χ0) is 8.15. The fourth-order valence-corrected chi connectivity index (χ4v) is 0.498. The van der Waals surface area contributed by atoms with Crippen molar-refractivity contribution in [2.75, 3.05) is 6.61 Å². The molecule has 0 aromatic heterocycles. The number of hydrogen-bond acceptors (Lipinski definition) is 4. The molecule has 2 atom stereocenters. The molecule has 0 heterocycles. The highest BCUT2D eigenvalue weighted by atomic mass is 16.3. The number of hydrogen-bond donors (Lipinski definition) is 3. The average molecular weight is 148 g/mol. The maximum Gasteiger partial charge on any atom is 0.158 e. The van der Waals surface area contributed by atoms with Crippen LogP contribution in [0.25, 0.3) is 0 Å². The number of rotatable bonds is 4. The van der Waals surface area contributed by atoms with Gasteiger partial charge in [0.05, 0.1) is 12.7 Å². The normalized spacial score (nSPS) is 16.4. The van der Waals surface area contributed by atoms with Gasteiger partial charge >= 0.3 is 0 Å². The van der Waals surface area contributed by atoms with Crippen molar-refractivity contribution in [1.29, 1.82) is 0 Å². The standard InChI is InChI=1S/C6H12O4/c1-4(8)6(10)2-5(9)3-7/h5-7,9-10H,2-3H2,1H3/t5-,6+/m1/s1. The predicted octanol–water partition coefficient (Wildman–Crippen LogP) is -1.32. The van der Waals surface area contributed by atoms with E-state index in [0.29, 0.717) is 0 Å². The Hall–Kier alpha value is -0.450. The third-order valence-corrected chi connectivity index (χ3v) is 1.18. The molecule has 4 nitrogen and oxygen atoms in total. The van der Waals surface area contributed by atoms with Crippen LogP contribution in [0.5, 0.6) is 0 Å². The Kier molecular flexibility index (Phi) is 4.18. The van der Waals surface area contributed by atoms with Crippen molar-refractivity contribution < 1.29 is 20.1 Å². The Morgan fingerprint density at radius 3 is 2.30 bits per heavy atom. The molecule has 0 rings (SSSR count). The number of aliphatic hydroxyl groups is 3. The fourth-order valence-electron chi connectivity index (χ4n) is 0.498. The minimum absolute atomic E-state index is 0.0914. The smallest absolute Gasteiger partial charge is 0.158 e. The summed E-state index contributed by atoms with van der Waals surface area (Å²) in [6.45, 7) is 0.805. The van der Waals surface area contributed by atoms with E-state index < -0.39 is 24.6 Å². The summed E-state index contributed by atoms with van der Waals surface area (Å²) in [5.74, 6) is -0.396. The molecule has 0 unspecified atom stereocenters. The van der Waals surface area contributed by atoms with Crippen LogP contribution < -0.4 is 0 Å². The van der Waals surface area contributed by atoms with Gasteiger partial charge in [-0.25, -0.2) is 0 Å². The highest BCUT2D eigenvalue weighted by Gasteiger charge is 2.14. The first-order chi connectivity index (χ1) is 4.57. The maximum atomic E-state index is 10.4. The molecule has 4 heteroatoms. The SMILES string of the molecule is CC(=O)[C@@H](O)C[C@@H](O)CO.